The lowest BCUT2D eigenvalue weighted by Gasteiger charge is -2.28. The molecule has 3 rings (SSSR count). The third-order valence-electron chi connectivity index (χ3n) is 4.16. The van der Waals surface area contributed by atoms with Gasteiger partial charge in [0.25, 0.3) is 5.69 Å². The van der Waals surface area contributed by atoms with Gasteiger partial charge < -0.3 is 25.5 Å². The molecule has 9 heteroatoms. The van der Waals surface area contributed by atoms with E-state index in [0.29, 0.717) is 42.8 Å². The third-order valence-corrected chi connectivity index (χ3v) is 4.16. The number of anilines is 1. The van der Waals surface area contributed by atoms with Gasteiger partial charge in [-0.25, -0.2) is 0 Å². The highest BCUT2D eigenvalue weighted by Crippen LogP contribution is 2.34. The first kappa shape index (κ1) is 19.7. The minimum absolute atomic E-state index is 0.0209. The summed E-state index contributed by atoms with van der Waals surface area (Å²) in [5, 5.41) is 20.9. The molecule has 4 N–H and O–H groups in total. The van der Waals surface area contributed by atoms with E-state index in [-0.39, 0.29) is 12.1 Å². The number of ether oxygens (including phenoxy) is 1. The van der Waals surface area contributed by atoms with E-state index >= 15 is 0 Å². The summed E-state index contributed by atoms with van der Waals surface area (Å²) in [6.07, 6.45) is 1.61. The van der Waals surface area contributed by atoms with Crippen LogP contribution in [-0.2, 0) is 16.0 Å². The number of aromatic amines is 1. The zero-order valence-electron chi connectivity index (χ0n) is 14.9. The summed E-state index contributed by atoms with van der Waals surface area (Å²) < 4.78 is 5.30. The van der Waals surface area contributed by atoms with Crippen LogP contribution in [0.2, 0.25) is 0 Å². The maximum atomic E-state index is 11.5. The minimum Gasteiger partial charge on any atom is -0.480 e. The monoisotopic (exact) mass is 364 g/mol. The average Bonchev–Trinajstić information content (AvgIpc) is 3.06. The second kappa shape index (κ2) is 8.63. The van der Waals surface area contributed by atoms with Gasteiger partial charge in [0, 0.05) is 37.5 Å². The predicted molar refractivity (Wildman–Crippen MR) is 98.6 cm³/mol. The van der Waals surface area contributed by atoms with Crippen LogP contribution in [0, 0.1) is 10.1 Å². The van der Waals surface area contributed by atoms with Gasteiger partial charge in [-0.05, 0) is 11.6 Å². The number of rotatable bonds is 5. The standard InChI is InChI=1S/C15H18N4O5.C2H6/c16-11(15(20)21)5-9-8-17-12-6-10(18-1-3-24-4-2-18)7-13(14(9)12)19(22)23;1-2/h6-8,11,17H,1-5,16H2,(H,20,21);1-2H3. The zero-order valence-corrected chi connectivity index (χ0v) is 14.9. The molecule has 26 heavy (non-hydrogen) atoms. The Labute approximate surface area is 150 Å². The number of carboxylic acid groups (broad SMARTS) is 1. The summed E-state index contributed by atoms with van der Waals surface area (Å²) in [6.45, 7) is 6.49. The molecule has 0 radical (unpaired) electrons. The van der Waals surface area contributed by atoms with Gasteiger partial charge in [-0.2, -0.15) is 0 Å². The van der Waals surface area contributed by atoms with E-state index in [1.807, 2.05) is 24.8 Å². The molecule has 2 heterocycles. The second-order valence-corrected chi connectivity index (χ2v) is 5.71. The fraction of sp³-hybridized carbons (Fsp3) is 0.471. The Kier molecular flexibility index (Phi) is 6.53. The molecule has 0 amide bonds. The van der Waals surface area contributed by atoms with Crippen LogP contribution >= 0.6 is 0 Å². The van der Waals surface area contributed by atoms with Gasteiger partial charge in [0.2, 0.25) is 0 Å². The molecule has 9 nitrogen and oxygen atoms in total. The average molecular weight is 364 g/mol. The van der Waals surface area contributed by atoms with Crippen molar-refractivity contribution < 1.29 is 19.6 Å². The summed E-state index contributed by atoms with van der Waals surface area (Å²) in [4.78, 5) is 27.0. The van der Waals surface area contributed by atoms with E-state index in [2.05, 4.69) is 4.98 Å². The van der Waals surface area contributed by atoms with Gasteiger partial charge in [0.15, 0.2) is 0 Å². The van der Waals surface area contributed by atoms with E-state index in [0.717, 1.165) is 5.69 Å². The quantitative estimate of drug-likeness (QED) is 0.544. The lowest BCUT2D eigenvalue weighted by atomic mass is 10.0. The molecule has 2 aromatic rings. The number of hydrogen-bond donors (Lipinski definition) is 3. The summed E-state index contributed by atoms with van der Waals surface area (Å²) in [6, 6.07) is 2.25. The van der Waals surface area contributed by atoms with Crippen molar-refractivity contribution in [1.82, 2.24) is 4.98 Å². The largest absolute Gasteiger partial charge is 0.480 e. The fourth-order valence-corrected chi connectivity index (χ4v) is 2.93. The van der Waals surface area contributed by atoms with Crippen LogP contribution in [0.4, 0.5) is 11.4 Å². The number of nitro benzene ring substituents is 1. The van der Waals surface area contributed by atoms with E-state index in [4.69, 9.17) is 15.6 Å². The summed E-state index contributed by atoms with van der Waals surface area (Å²) in [5.74, 6) is -1.14. The molecule has 1 atom stereocenters. The van der Waals surface area contributed by atoms with Crippen molar-refractivity contribution in [3.05, 3.63) is 34.0 Å². The van der Waals surface area contributed by atoms with Crippen molar-refractivity contribution in [2.24, 2.45) is 5.73 Å². The molecular weight excluding hydrogens is 340 g/mol. The summed E-state index contributed by atoms with van der Waals surface area (Å²) in [7, 11) is 0. The molecule has 1 fully saturated rings. The number of nitro groups is 1. The van der Waals surface area contributed by atoms with Crippen LogP contribution in [0.15, 0.2) is 18.3 Å². The molecule has 1 aliphatic rings. The number of non-ortho nitro benzene ring substituents is 1. The molecule has 1 aliphatic heterocycles. The fourth-order valence-electron chi connectivity index (χ4n) is 2.93. The molecular formula is C17H24N4O5. The summed E-state index contributed by atoms with van der Waals surface area (Å²) >= 11 is 0. The van der Waals surface area contributed by atoms with E-state index in [9.17, 15) is 14.9 Å². The maximum Gasteiger partial charge on any atom is 0.320 e. The topological polar surface area (TPSA) is 135 Å². The van der Waals surface area contributed by atoms with Crippen molar-refractivity contribution in [2.45, 2.75) is 26.3 Å². The number of H-pyrrole nitrogens is 1. The number of carbonyl (C=O) groups is 1. The van der Waals surface area contributed by atoms with Crippen LogP contribution in [0.3, 0.4) is 0 Å². The second-order valence-electron chi connectivity index (χ2n) is 5.71. The van der Waals surface area contributed by atoms with Crippen molar-refractivity contribution in [2.75, 3.05) is 31.2 Å². The number of aliphatic carboxylic acids is 1. The Morgan fingerprint density at radius 1 is 1.42 bits per heavy atom. The first-order valence-corrected chi connectivity index (χ1v) is 8.57. The van der Waals surface area contributed by atoms with Crippen LogP contribution in [0.5, 0.6) is 0 Å². The molecule has 0 spiro atoms. The van der Waals surface area contributed by atoms with Gasteiger partial charge in [-0.15, -0.1) is 0 Å². The van der Waals surface area contributed by atoms with E-state index in [1.165, 1.54) is 6.07 Å². The molecule has 1 saturated heterocycles. The smallest absolute Gasteiger partial charge is 0.320 e. The number of carboxylic acids is 1. The van der Waals surface area contributed by atoms with Crippen molar-refractivity contribution in [3.63, 3.8) is 0 Å². The highest BCUT2D eigenvalue weighted by molar-refractivity contribution is 5.95. The van der Waals surface area contributed by atoms with Gasteiger partial charge in [-0.3, -0.25) is 14.9 Å². The number of morpholine rings is 1. The van der Waals surface area contributed by atoms with Gasteiger partial charge in [0.1, 0.15) is 6.04 Å². The molecule has 0 bridgehead atoms. The normalized spacial score (nSPS) is 15.3. The van der Waals surface area contributed by atoms with E-state index in [1.54, 1.807) is 6.20 Å². The molecule has 0 aliphatic carbocycles. The van der Waals surface area contributed by atoms with Gasteiger partial charge in [-0.1, -0.05) is 13.8 Å². The minimum atomic E-state index is -1.14. The Bertz CT molecular complexity index is 783. The lowest BCUT2D eigenvalue weighted by molar-refractivity contribution is -0.383. The van der Waals surface area contributed by atoms with Crippen LogP contribution in [0.25, 0.3) is 10.9 Å². The molecule has 1 unspecified atom stereocenters. The van der Waals surface area contributed by atoms with Crippen LogP contribution in [-0.4, -0.2) is 53.3 Å². The van der Waals surface area contributed by atoms with Crippen LogP contribution < -0.4 is 10.6 Å². The number of benzene rings is 1. The number of hydrogen-bond acceptors (Lipinski definition) is 6. The first-order chi connectivity index (χ1) is 12.5. The zero-order chi connectivity index (χ0) is 19.3. The highest BCUT2D eigenvalue weighted by Gasteiger charge is 2.24. The highest BCUT2D eigenvalue weighted by atomic mass is 16.6. The number of fused-ring (bicyclic) bond motifs is 1. The molecule has 0 saturated carbocycles. The van der Waals surface area contributed by atoms with Crippen molar-refractivity contribution >= 4 is 28.2 Å². The summed E-state index contributed by atoms with van der Waals surface area (Å²) in [5.41, 5.74) is 7.38. The third kappa shape index (κ3) is 4.12. The Hall–Kier alpha value is -2.65. The lowest BCUT2D eigenvalue weighted by Crippen LogP contribution is -2.36. The number of aromatic nitrogens is 1. The first-order valence-electron chi connectivity index (χ1n) is 8.57. The number of nitrogens with one attached hydrogen (secondary N) is 1. The van der Waals surface area contributed by atoms with Crippen molar-refractivity contribution in [3.8, 4) is 0 Å². The van der Waals surface area contributed by atoms with Gasteiger partial charge >= 0.3 is 5.97 Å². The van der Waals surface area contributed by atoms with Crippen LogP contribution in [0.1, 0.15) is 19.4 Å². The Morgan fingerprint density at radius 3 is 2.65 bits per heavy atom. The molecule has 1 aromatic carbocycles. The SMILES string of the molecule is CC.NC(Cc1c[nH]c2cc(N3CCOCC3)cc([N+](=O)[O-])c12)C(=O)O. The Balaban J connectivity index is 0.00000117. The van der Waals surface area contributed by atoms with Gasteiger partial charge in [0.05, 0.1) is 29.0 Å². The molecule has 142 valence electrons. The maximum absolute atomic E-state index is 11.5. The number of nitrogens with zero attached hydrogens (tertiary/aromatic N) is 2. The van der Waals surface area contributed by atoms with Crippen molar-refractivity contribution in [1.29, 1.82) is 0 Å². The predicted octanol–water partition coefficient (Wildman–Crippen LogP) is 1.89. The molecule has 1 aromatic heterocycles. The number of nitrogens with two attached hydrogens (primary N) is 1. The van der Waals surface area contributed by atoms with E-state index < -0.39 is 16.9 Å². The Morgan fingerprint density at radius 2 is 2.08 bits per heavy atom.